The molecule has 0 saturated heterocycles. The topological polar surface area (TPSA) is 47.6 Å². The van der Waals surface area contributed by atoms with Crippen molar-refractivity contribution in [3.63, 3.8) is 0 Å². The first-order valence-electron chi connectivity index (χ1n) is 5.81. The van der Waals surface area contributed by atoms with E-state index in [-0.39, 0.29) is 0 Å². The van der Waals surface area contributed by atoms with Crippen molar-refractivity contribution < 1.29 is 0 Å². The van der Waals surface area contributed by atoms with Crippen molar-refractivity contribution in [1.82, 2.24) is 0 Å². The molecule has 1 saturated carbocycles. The molecule has 0 spiro atoms. The molecule has 3 aliphatic carbocycles. The average molecular weight is 208 g/mol. The van der Waals surface area contributed by atoms with E-state index in [1.54, 1.807) is 0 Å². The van der Waals surface area contributed by atoms with Crippen molar-refractivity contribution in [1.29, 1.82) is 10.5 Å². The minimum atomic E-state index is 0.550. The quantitative estimate of drug-likeness (QED) is 0.657. The average Bonchev–Trinajstić information content (AvgIpc) is 2.38. The molecule has 1 aromatic carbocycles. The monoisotopic (exact) mass is 208 g/mol. The summed E-state index contributed by atoms with van der Waals surface area (Å²) in [6.07, 6.45) is 5.03. The van der Waals surface area contributed by atoms with E-state index in [1.165, 1.54) is 36.8 Å². The van der Waals surface area contributed by atoms with E-state index in [9.17, 15) is 0 Å². The molecule has 0 N–H and O–H groups in total. The highest BCUT2D eigenvalue weighted by molar-refractivity contribution is 5.53. The minimum absolute atomic E-state index is 0.550. The van der Waals surface area contributed by atoms with Gasteiger partial charge in [0.2, 0.25) is 0 Å². The van der Waals surface area contributed by atoms with Crippen LogP contribution in [-0.4, -0.2) is 0 Å². The first kappa shape index (κ1) is 9.43. The van der Waals surface area contributed by atoms with E-state index >= 15 is 0 Å². The van der Waals surface area contributed by atoms with E-state index in [2.05, 4.69) is 12.1 Å². The molecule has 1 fully saturated rings. The second-order valence-electron chi connectivity index (χ2n) is 4.80. The molecule has 0 aliphatic heterocycles. The molecule has 0 radical (unpaired) electrons. The summed E-state index contributed by atoms with van der Waals surface area (Å²) in [5.41, 5.74) is 3.79. The van der Waals surface area contributed by atoms with Gasteiger partial charge in [-0.25, -0.2) is 0 Å². The molecule has 2 heteroatoms. The van der Waals surface area contributed by atoms with Crippen LogP contribution in [0.5, 0.6) is 0 Å². The van der Waals surface area contributed by atoms with Crippen LogP contribution in [-0.2, 0) is 0 Å². The Labute approximate surface area is 95.1 Å². The number of hydrogen-bond donors (Lipinski definition) is 0. The molecule has 0 amide bonds. The highest BCUT2D eigenvalue weighted by atomic mass is 14.4. The molecule has 0 unspecified atom stereocenters. The highest BCUT2D eigenvalue weighted by Crippen LogP contribution is 2.49. The molecule has 16 heavy (non-hydrogen) atoms. The Morgan fingerprint density at radius 2 is 1.19 bits per heavy atom. The zero-order chi connectivity index (χ0) is 11.1. The molecular formula is C14H12N2. The Kier molecular flexibility index (Phi) is 1.98. The van der Waals surface area contributed by atoms with Crippen molar-refractivity contribution in [3.05, 3.63) is 34.4 Å². The van der Waals surface area contributed by atoms with Gasteiger partial charge in [-0.15, -0.1) is 0 Å². The smallest absolute Gasteiger partial charge is 0.101 e. The fraction of sp³-hybridized carbons (Fsp3) is 0.429. The molecule has 0 aromatic heterocycles. The van der Waals surface area contributed by atoms with Crippen molar-refractivity contribution in [2.24, 2.45) is 0 Å². The third kappa shape index (κ3) is 1.17. The van der Waals surface area contributed by atoms with Crippen molar-refractivity contribution in [2.45, 2.75) is 37.5 Å². The van der Waals surface area contributed by atoms with Crippen molar-refractivity contribution in [2.75, 3.05) is 0 Å². The third-order valence-corrected chi connectivity index (χ3v) is 4.07. The maximum atomic E-state index is 9.02. The van der Waals surface area contributed by atoms with Crippen molar-refractivity contribution >= 4 is 0 Å². The van der Waals surface area contributed by atoms with Gasteiger partial charge in [-0.3, -0.25) is 0 Å². The summed E-state index contributed by atoms with van der Waals surface area (Å²) in [5.74, 6) is 1.28. The first-order chi connectivity index (χ1) is 7.83. The number of rotatable bonds is 0. The van der Waals surface area contributed by atoms with E-state index < -0.39 is 0 Å². The summed E-state index contributed by atoms with van der Waals surface area (Å²) in [4.78, 5) is 0. The second-order valence-corrected chi connectivity index (χ2v) is 4.80. The lowest BCUT2D eigenvalue weighted by Crippen LogP contribution is -2.22. The number of fused-ring (bicyclic) bond motifs is 2. The molecule has 2 nitrogen and oxygen atoms in total. The predicted octanol–water partition coefficient (Wildman–Crippen LogP) is 3.18. The van der Waals surface area contributed by atoms with Crippen LogP contribution in [0.4, 0.5) is 0 Å². The van der Waals surface area contributed by atoms with Crippen LogP contribution >= 0.6 is 0 Å². The number of benzene rings is 1. The lowest BCUT2D eigenvalue weighted by atomic mass is 9.66. The number of nitrogens with zero attached hydrogens (tertiary/aromatic N) is 2. The van der Waals surface area contributed by atoms with E-state index in [0.29, 0.717) is 23.0 Å². The summed E-state index contributed by atoms with van der Waals surface area (Å²) >= 11 is 0. The maximum Gasteiger partial charge on any atom is 0.101 e. The minimum Gasteiger partial charge on any atom is -0.192 e. The Hall–Kier alpha value is -1.80. The fourth-order valence-corrected chi connectivity index (χ4v) is 3.24. The Bertz CT molecular complexity index is 474. The fourth-order valence-electron chi connectivity index (χ4n) is 3.24. The second kappa shape index (κ2) is 3.35. The normalized spacial score (nSPS) is 25.6. The van der Waals surface area contributed by atoms with Gasteiger partial charge in [0.25, 0.3) is 0 Å². The highest BCUT2D eigenvalue weighted by Gasteiger charge is 2.33. The molecule has 2 bridgehead atoms. The lowest BCUT2D eigenvalue weighted by molar-refractivity contribution is 0.358. The van der Waals surface area contributed by atoms with Crippen LogP contribution < -0.4 is 0 Å². The van der Waals surface area contributed by atoms with Crippen LogP contribution in [0, 0.1) is 22.7 Å². The summed E-state index contributed by atoms with van der Waals surface area (Å²) in [6.45, 7) is 0. The molecule has 3 aliphatic rings. The largest absolute Gasteiger partial charge is 0.192 e. The summed E-state index contributed by atoms with van der Waals surface area (Å²) < 4.78 is 0. The van der Waals surface area contributed by atoms with Gasteiger partial charge in [-0.05, 0) is 60.8 Å². The van der Waals surface area contributed by atoms with Crippen LogP contribution in [0.15, 0.2) is 12.1 Å². The lowest BCUT2D eigenvalue weighted by Gasteiger charge is -2.38. The van der Waals surface area contributed by atoms with Gasteiger partial charge >= 0.3 is 0 Å². The third-order valence-electron chi connectivity index (χ3n) is 4.07. The molecular weight excluding hydrogens is 196 g/mol. The van der Waals surface area contributed by atoms with Crippen LogP contribution in [0.3, 0.4) is 0 Å². The number of hydrogen-bond acceptors (Lipinski definition) is 2. The number of nitriles is 2. The summed E-state index contributed by atoms with van der Waals surface area (Å²) in [6, 6.07) is 8.19. The molecule has 1 aromatic rings. The predicted molar refractivity (Wildman–Crippen MR) is 59.8 cm³/mol. The van der Waals surface area contributed by atoms with Gasteiger partial charge < -0.3 is 0 Å². The zero-order valence-corrected chi connectivity index (χ0v) is 9.03. The van der Waals surface area contributed by atoms with Gasteiger partial charge in [0, 0.05) is 0 Å². The van der Waals surface area contributed by atoms with Crippen LogP contribution in [0.25, 0.3) is 0 Å². The SMILES string of the molecule is N#Cc1cc2c(cc1C#N)C1CCC2CC1. The molecule has 78 valence electrons. The summed E-state index contributed by atoms with van der Waals surface area (Å²) in [5, 5.41) is 18.0. The van der Waals surface area contributed by atoms with Crippen molar-refractivity contribution in [3.8, 4) is 12.1 Å². The zero-order valence-electron chi connectivity index (χ0n) is 9.03. The molecule has 0 atom stereocenters. The van der Waals surface area contributed by atoms with E-state index in [1.807, 2.05) is 12.1 Å². The van der Waals surface area contributed by atoms with E-state index in [0.717, 1.165) is 0 Å². The molecule has 4 rings (SSSR count). The van der Waals surface area contributed by atoms with Gasteiger partial charge in [0.1, 0.15) is 12.1 Å². The first-order valence-corrected chi connectivity index (χ1v) is 5.81. The van der Waals surface area contributed by atoms with Crippen LogP contribution in [0.1, 0.15) is 59.8 Å². The van der Waals surface area contributed by atoms with Gasteiger partial charge in [-0.1, -0.05) is 0 Å². The molecule has 0 heterocycles. The Morgan fingerprint density at radius 1 is 0.812 bits per heavy atom. The van der Waals surface area contributed by atoms with E-state index in [4.69, 9.17) is 10.5 Å². The van der Waals surface area contributed by atoms with Gasteiger partial charge in [-0.2, -0.15) is 10.5 Å². The standard InChI is InChI=1S/C14H12N2/c15-7-11-5-13-9-1-2-10(4-3-9)14(13)6-12(11)8-16/h5-6,9-10H,1-4H2. The Morgan fingerprint density at radius 3 is 1.50 bits per heavy atom. The summed E-state index contributed by atoms with van der Waals surface area (Å²) in [7, 11) is 0. The van der Waals surface area contributed by atoms with Crippen LogP contribution in [0.2, 0.25) is 0 Å². The Balaban J connectivity index is 2.23. The maximum absolute atomic E-state index is 9.02. The van der Waals surface area contributed by atoms with Gasteiger partial charge in [0.15, 0.2) is 0 Å². The van der Waals surface area contributed by atoms with Gasteiger partial charge in [0.05, 0.1) is 11.1 Å².